The van der Waals surface area contributed by atoms with Crippen molar-refractivity contribution in [1.82, 2.24) is 14.5 Å². The molecule has 0 bridgehead atoms. The van der Waals surface area contributed by atoms with E-state index in [0.29, 0.717) is 29.8 Å². The minimum Gasteiger partial charge on any atom is -0.336 e. The van der Waals surface area contributed by atoms with Crippen LogP contribution in [0.4, 0.5) is 0 Å². The fraction of sp³-hybridized carbons (Fsp3) is 0.240. The lowest BCUT2D eigenvalue weighted by molar-refractivity contribution is -0.132. The van der Waals surface area contributed by atoms with Crippen LogP contribution in [0.5, 0.6) is 0 Å². The number of para-hydroxylation sites is 1. The lowest BCUT2D eigenvalue weighted by Gasteiger charge is -2.23. The zero-order chi connectivity index (χ0) is 21.8. The molecule has 0 atom stereocenters. The summed E-state index contributed by atoms with van der Waals surface area (Å²) in [5, 5.41) is 0.533. The molecule has 158 valence electrons. The first-order chi connectivity index (χ1) is 15.0. The molecule has 0 aliphatic carbocycles. The molecule has 0 saturated heterocycles. The quantitative estimate of drug-likeness (QED) is 0.437. The number of carbonyl (C=O) groups excluding carboxylic acids is 1. The predicted molar refractivity (Wildman–Crippen MR) is 125 cm³/mol. The molecule has 2 aromatic heterocycles. The monoisotopic (exact) mass is 431 g/mol. The standard InChI is InChI=1S/C25H25N3O2S/c1-18-12-13-21(31-18)16-27(15-14-20-8-4-3-5-9-20)24(29)17-28-19(2)26-23-11-7-6-10-22(23)25(28)30/h3-13H,14-17H2,1-2H3. The number of nitrogens with zero attached hydrogens (tertiary/aromatic N) is 3. The van der Waals surface area contributed by atoms with Gasteiger partial charge in [0, 0.05) is 16.3 Å². The Balaban J connectivity index is 1.59. The maximum absolute atomic E-state index is 13.3. The van der Waals surface area contributed by atoms with Crippen LogP contribution >= 0.6 is 11.3 Å². The summed E-state index contributed by atoms with van der Waals surface area (Å²) in [5.74, 6) is 0.469. The summed E-state index contributed by atoms with van der Waals surface area (Å²) in [6, 6.07) is 21.5. The van der Waals surface area contributed by atoms with Crippen molar-refractivity contribution in [2.45, 2.75) is 33.4 Å². The Hall–Kier alpha value is -3.25. The largest absolute Gasteiger partial charge is 0.336 e. The van der Waals surface area contributed by atoms with Crippen molar-refractivity contribution in [3.63, 3.8) is 0 Å². The van der Waals surface area contributed by atoms with Gasteiger partial charge in [-0.05, 0) is 50.1 Å². The number of thiophene rings is 1. The van der Waals surface area contributed by atoms with Crippen molar-refractivity contribution >= 4 is 28.1 Å². The normalized spacial score (nSPS) is 11.0. The predicted octanol–water partition coefficient (Wildman–Crippen LogP) is 4.35. The Kier molecular flexibility index (Phi) is 6.28. The first-order valence-corrected chi connectivity index (χ1v) is 11.2. The van der Waals surface area contributed by atoms with Crippen LogP contribution in [0.3, 0.4) is 0 Å². The minimum atomic E-state index is -0.175. The van der Waals surface area contributed by atoms with Crippen LogP contribution in [-0.2, 0) is 24.3 Å². The molecule has 0 aliphatic heterocycles. The summed E-state index contributed by atoms with van der Waals surface area (Å²) in [6.45, 7) is 4.96. The first kappa shape index (κ1) is 21.0. The second-order valence-electron chi connectivity index (χ2n) is 7.63. The first-order valence-electron chi connectivity index (χ1n) is 10.3. The SMILES string of the molecule is Cc1ccc(CN(CCc2ccccc2)C(=O)Cn2c(C)nc3ccccc3c2=O)s1. The number of amides is 1. The number of carbonyl (C=O) groups is 1. The highest BCUT2D eigenvalue weighted by atomic mass is 32.1. The van der Waals surface area contributed by atoms with Crippen molar-refractivity contribution in [3.05, 3.63) is 98.2 Å². The number of hydrogen-bond acceptors (Lipinski definition) is 4. The molecule has 0 aliphatic rings. The fourth-order valence-corrected chi connectivity index (χ4v) is 4.57. The van der Waals surface area contributed by atoms with Gasteiger partial charge in [-0.15, -0.1) is 11.3 Å². The van der Waals surface area contributed by atoms with Gasteiger partial charge in [-0.1, -0.05) is 42.5 Å². The molecular formula is C25H25N3O2S. The molecule has 0 spiro atoms. The molecule has 2 heterocycles. The van der Waals surface area contributed by atoms with Gasteiger partial charge in [-0.2, -0.15) is 0 Å². The van der Waals surface area contributed by atoms with Crippen molar-refractivity contribution in [3.8, 4) is 0 Å². The van der Waals surface area contributed by atoms with Gasteiger partial charge in [0.1, 0.15) is 12.4 Å². The van der Waals surface area contributed by atoms with Crippen molar-refractivity contribution in [1.29, 1.82) is 0 Å². The lowest BCUT2D eigenvalue weighted by Crippen LogP contribution is -2.38. The Morgan fingerprint density at radius 2 is 1.74 bits per heavy atom. The van der Waals surface area contributed by atoms with Crippen LogP contribution in [0.2, 0.25) is 0 Å². The topological polar surface area (TPSA) is 55.2 Å². The third-order valence-corrected chi connectivity index (χ3v) is 6.34. The maximum Gasteiger partial charge on any atom is 0.261 e. The number of benzene rings is 2. The Bertz CT molecular complexity index is 1260. The van der Waals surface area contributed by atoms with Gasteiger partial charge < -0.3 is 4.90 Å². The second-order valence-corrected chi connectivity index (χ2v) is 9.00. The van der Waals surface area contributed by atoms with Gasteiger partial charge in [-0.25, -0.2) is 4.98 Å². The van der Waals surface area contributed by atoms with Gasteiger partial charge in [0.05, 0.1) is 17.4 Å². The zero-order valence-corrected chi connectivity index (χ0v) is 18.6. The van der Waals surface area contributed by atoms with Gasteiger partial charge >= 0.3 is 0 Å². The molecule has 31 heavy (non-hydrogen) atoms. The highest BCUT2D eigenvalue weighted by Crippen LogP contribution is 2.18. The molecular weight excluding hydrogens is 406 g/mol. The number of aryl methyl sites for hydroxylation is 2. The maximum atomic E-state index is 13.3. The summed E-state index contributed by atoms with van der Waals surface area (Å²) in [6.07, 6.45) is 0.765. The number of hydrogen-bond donors (Lipinski definition) is 0. The highest BCUT2D eigenvalue weighted by molar-refractivity contribution is 7.11. The highest BCUT2D eigenvalue weighted by Gasteiger charge is 2.18. The van der Waals surface area contributed by atoms with E-state index in [1.54, 1.807) is 24.3 Å². The van der Waals surface area contributed by atoms with Gasteiger partial charge in [0.2, 0.25) is 5.91 Å². The number of rotatable bonds is 7. The van der Waals surface area contributed by atoms with E-state index in [1.807, 2.05) is 41.3 Å². The molecule has 6 heteroatoms. The average Bonchev–Trinajstić information content (AvgIpc) is 3.19. The van der Waals surface area contributed by atoms with E-state index in [9.17, 15) is 9.59 Å². The van der Waals surface area contributed by atoms with E-state index in [1.165, 1.54) is 15.0 Å². The summed E-state index contributed by atoms with van der Waals surface area (Å²) < 4.78 is 1.49. The van der Waals surface area contributed by atoms with E-state index in [2.05, 4.69) is 36.2 Å². The molecule has 0 radical (unpaired) electrons. The van der Waals surface area contributed by atoms with Gasteiger partial charge in [0.25, 0.3) is 5.56 Å². The average molecular weight is 432 g/mol. The van der Waals surface area contributed by atoms with E-state index < -0.39 is 0 Å². The molecule has 2 aromatic carbocycles. The molecule has 4 rings (SSSR count). The summed E-state index contributed by atoms with van der Waals surface area (Å²) in [4.78, 5) is 35.1. The Labute approximate surface area is 185 Å². The minimum absolute atomic E-state index is 0.0123. The van der Waals surface area contributed by atoms with Crippen LogP contribution in [0, 0.1) is 13.8 Å². The van der Waals surface area contributed by atoms with E-state index >= 15 is 0 Å². The van der Waals surface area contributed by atoms with Crippen molar-refractivity contribution in [2.24, 2.45) is 0 Å². The van der Waals surface area contributed by atoms with E-state index in [4.69, 9.17) is 0 Å². The summed E-state index contributed by atoms with van der Waals surface area (Å²) >= 11 is 1.69. The van der Waals surface area contributed by atoms with Crippen LogP contribution in [0.15, 0.2) is 71.5 Å². The van der Waals surface area contributed by atoms with E-state index in [0.717, 1.165) is 11.3 Å². The lowest BCUT2D eigenvalue weighted by atomic mass is 10.1. The molecule has 1 amide bonds. The van der Waals surface area contributed by atoms with Crippen molar-refractivity contribution < 1.29 is 4.79 Å². The molecule has 0 unspecified atom stereocenters. The summed E-state index contributed by atoms with van der Waals surface area (Å²) in [7, 11) is 0. The zero-order valence-electron chi connectivity index (χ0n) is 17.7. The second kappa shape index (κ2) is 9.27. The van der Waals surface area contributed by atoms with Crippen LogP contribution in [-0.4, -0.2) is 26.9 Å². The molecule has 0 N–H and O–H groups in total. The van der Waals surface area contributed by atoms with Gasteiger partial charge in [-0.3, -0.25) is 14.2 Å². The Morgan fingerprint density at radius 1 is 1.00 bits per heavy atom. The number of fused-ring (bicyclic) bond motifs is 1. The Morgan fingerprint density at radius 3 is 2.48 bits per heavy atom. The molecule has 0 fully saturated rings. The molecule has 5 nitrogen and oxygen atoms in total. The third-order valence-electron chi connectivity index (χ3n) is 5.35. The molecule has 4 aromatic rings. The molecule has 0 saturated carbocycles. The van der Waals surface area contributed by atoms with Crippen molar-refractivity contribution in [2.75, 3.05) is 6.54 Å². The van der Waals surface area contributed by atoms with Crippen LogP contribution in [0.25, 0.3) is 10.9 Å². The third kappa shape index (κ3) is 4.91. The smallest absolute Gasteiger partial charge is 0.261 e. The van der Waals surface area contributed by atoms with Crippen LogP contribution < -0.4 is 5.56 Å². The fourth-order valence-electron chi connectivity index (χ4n) is 3.66. The van der Waals surface area contributed by atoms with E-state index in [-0.39, 0.29) is 18.0 Å². The summed E-state index contributed by atoms with van der Waals surface area (Å²) in [5.41, 5.74) is 1.67. The number of aromatic nitrogens is 2. The van der Waals surface area contributed by atoms with Crippen LogP contribution in [0.1, 0.15) is 21.1 Å². The van der Waals surface area contributed by atoms with Gasteiger partial charge in [0.15, 0.2) is 0 Å².